The smallest absolute Gasteiger partial charge is 0.374 e. The van der Waals surface area contributed by atoms with E-state index in [1.807, 2.05) is 4.90 Å². The maximum Gasteiger partial charge on any atom is 0.408 e. The minimum Gasteiger partial charge on any atom is -0.374 e. The molecule has 33 heavy (non-hydrogen) atoms. The number of alkyl halides is 3. The molecule has 0 N–H and O–H groups in total. The molecule has 5 rings (SSSR count). The van der Waals surface area contributed by atoms with Crippen LogP contribution in [0.3, 0.4) is 0 Å². The minimum atomic E-state index is -4.41. The maximum absolute atomic E-state index is 14.0. The first-order valence-corrected chi connectivity index (χ1v) is 11.8. The predicted molar refractivity (Wildman–Crippen MR) is 115 cm³/mol. The molecule has 2 bridgehead atoms. The van der Waals surface area contributed by atoms with Gasteiger partial charge in [0.15, 0.2) is 0 Å². The van der Waals surface area contributed by atoms with Crippen molar-refractivity contribution in [2.24, 2.45) is 5.92 Å². The summed E-state index contributed by atoms with van der Waals surface area (Å²) in [6, 6.07) is -0.0875. The summed E-state index contributed by atoms with van der Waals surface area (Å²) in [6.45, 7) is 4.17. The number of ether oxygens (including phenoxy) is 1. The van der Waals surface area contributed by atoms with Crippen molar-refractivity contribution >= 4 is 17.7 Å². The van der Waals surface area contributed by atoms with E-state index in [1.54, 1.807) is 4.90 Å². The van der Waals surface area contributed by atoms with Crippen LogP contribution in [0.5, 0.6) is 0 Å². The number of hydrogen-bond donors (Lipinski definition) is 0. The third kappa shape index (κ3) is 4.31. The van der Waals surface area contributed by atoms with Crippen molar-refractivity contribution < 1.29 is 22.7 Å². The number of morpholine rings is 1. The Morgan fingerprint density at radius 2 is 1.97 bits per heavy atom. The fourth-order valence-electron chi connectivity index (χ4n) is 5.74. The zero-order chi connectivity index (χ0) is 23.3. The number of aromatic nitrogens is 2. The molecule has 2 unspecified atom stereocenters. The molecule has 0 aromatic carbocycles. The fourth-order valence-corrected chi connectivity index (χ4v) is 5.74. The van der Waals surface area contributed by atoms with Gasteiger partial charge in [0.25, 0.3) is 5.56 Å². The highest BCUT2D eigenvalue weighted by Gasteiger charge is 2.47. The molecule has 3 atom stereocenters. The van der Waals surface area contributed by atoms with E-state index in [2.05, 4.69) is 4.98 Å². The summed E-state index contributed by atoms with van der Waals surface area (Å²) in [5, 5.41) is 0. The first-order valence-electron chi connectivity index (χ1n) is 11.8. The Kier molecular flexibility index (Phi) is 5.78. The van der Waals surface area contributed by atoms with Crippen LogP contribution in [0.1, 0.15) is 39.0 Å². The van der Waals surface area contributed by atoms with Crippen molar-refractivity contribution in [1.82, 2.24) is 14.5 Å². The Hall–Kier alpha value is -2.30. The Morgan fingerprint density at radius 1 is 1.21 bits per heavy atom. The van der Waals surface area contributed by atoms with E-state index in [4.69, 9.17) is 4.74 Å². The summed E-state index contributed by atoms with van der Waals surface area (Å²) in [7, 11) is 0. The van der Waals surface area contributed by atoms with E-state index in [-0.39, 0.29) is 55.0 Å². The molecule has 11 heteroatoms. The van der Waals surface area contributed by atoms with Gasteiger partial charge < -0.3 is 19.4 Å². The van der Waals surface area contributed by atoms with Crippen molar-refractivity contribution in [3.05, 3.63) is 16.4 Å². The number of carbonyl (C=O) groups is 1. The van der Waals surface area contributed by atoms with Crippen LogP contribution in [0.15, 0.2) is 10.9 Å². The number of fused-ring (bicyclic) bond motifs is 3. The molecule has 0 aliphatic carbocycles. The number of likely N-dealkylation sites (tertiary alicyclic amines) is 1. The highest BCUT2D eigenvalue weighted by atomic mass is 19.4. The van der Waals surface area contributed by atoms with Gasteiger partial charge in [-0.2, -0.15) is 18.2 Å². The van der Waals surface area contributed by atoms with Gasteiger partial charge in [-0.25, -0.2) is 0 Å². The number of halogens is 3. The Morgan fingerprint density at radius 3 is 2.58 bits per heavy atom. The summed E-state index contributed by atoms with van der Waals surface area (Å²) in [5.41, 5.74) is -0.306. The number of piperidine rings is 1. The highest BCUT2D eigenvalue weighted by molar-refractivity contribution is 5.73. The number of amides is 1. The average Bonchev–Trinajstić information content (AvgIpc) is 3.41. The zero-order valence-corrected chi connectivity index (χ0v) is 18.8. The van der Waals surface area contributed by atoms with Crippen molar-refractivity contribution in [2.75, 3.05) is 42.6 Å². The number of nitrogens with zero attached hydrogens (tertiary/aromatic N) is 5. The first-order chi connectivity index (χ1) is 15.7. The summed E-state index contributed by atoms with van der Waals surface area (Å²) in [6.07, 6.45) is -1.49. The number of rotatable bonds is 4. The Balaban J connectivity index is 1.39. The molecular weight excluding hydrogens is 439 g/mol. The van der Waals surface area contributed by atoms with E-state index < -0.39 is 12.2 Å². The van der Waals surface area contributed by atoms with Gasteiger partial charge in [-0.3, -0.25) is 14.2 Å². The summed E-state index contributed by atoms with van der Waals surface area (Å²) < 4.78 is 49.0. The second kappa shape index (κ2) is 8.48. The average molecular weight is 470 g/mol. The van der Waals surface area contributed by atoms with Gasteiger partial charge in [0, 0.05) is 45.7 Å². The molecule has 4 aliphatic heterocycles. The third-order valence-corrected chi connectivity index (χ3v) is 7.64. The van der Waals surface area contributed by atoms with E-state index in [1.165, 1.54) is 22.5 Å². The van der Waals surface area contributed by atoms with Gasteiger partial charge >= 0.3 is 6.18 Å². The highest BCUT2D eigenvalue weighted by Crippen LogP contribution is 2.37. The third-order valence-electron chi connectivity index (χ3n) is 7.64. The second-order valence-electron chi connectivity index (χ2n) is 9.68. The molecule has 0 spiro atoms. The maximum atomic E-state index is 14.0. The van der Waals surface area contributed by atoms with Crippen molar-refractivity contribution in [3.8, 4) is 0 Å². The van der Waals surface area contributed by atoms with Crippen LogP contribution >= 0.6 is 0 Å². The molecule has 3 fully saturated rings. The van der Waals surface area contributed by atoms with Crippen LogP contribution in [0, 0.1) is 5.92 Å². The van der Waals surface area contributed by atoms with Gasteiger partial charge in [0.05, 0.1) is 18.8 Å². The standard InChI is InChI=1S/C22H30F3N5O3/c1-14(31)27-6-2-15(3-7-27)4-8-28-18(22(23,24)25)5-9-29-20(32)11-19(26-21(28)29)30-12-17-10-16(30)13-33-17/h11,15-18H,2-10,12-13H2,1H3/t16?,17?,18-/m0/s1. The van der Waals surface area contributed by atoms with Crippen molar-refractivity contribution in [1.29, 1.82) is 0 Å². The monoisotopic (exact) mass is 469 g/mol. The molecule has 4 aliphatic rings. The predicted octanol–water partition coefficient (Wildman–Crippen LogP) is 2.01. The molecular formula is C22H30F3N5O3. The lowest BCUT2D eigenvalue weighted by atomic mass is 9.93. The van der Waals surface area contributed by atoms with Crippen molar-refractivity contribution in [2.45, 2.75) is 69.9 Å². The lowest BCUT2D eigenvalue weighted by molar-refractivity contribution is -0.152. The van der Waals surface area contributed by atoms with Gasteiger partial charge in [-0.15, -0.1) is 0 Å². The second-order valence-corrected chi connectivity index (χ2v) is 9.68. The molecule has 0 saturated carbocycles. The summed E-state index contributed by atoms with van der Waals surface area (Å²) in [4.78, 5) is 34.2. The zero-order valence-electron chi connectivity index (χ0n) is 18.8. The Bertz CT molecular complexity index is 960. The molecule has 182 valence electrons. The van der Waals surface area contributed by atoms with Gasteiger partial charge in [0.1, 0.15) is 11.9 Å². The largest absolute Gasteiger partial charge is 0.408 e. The quantitative estimate of drug-likeness (QED) is 0.672. The van der Waals surface area contributed by atoms with E-state index in [0.29, 0.717) is 38.5 Å². The molecule has 1 aromatic heterocycles. The van der Waals surface area contributed by atoms with Crippen LogP contribution in [0.2, 0.25) is 0 Å². The SMILES string of the molecule is CC(=O)N1CCC(CCN2c3nc(N4CC5CC4CO5)cc(=O)n3CC[C@H]2C(F)(F)F)CC1. The molecule has 1 amide bonds. The fraction of sp³-hybridized carbons (Fsp3) is 0.773. The van der Waals surface area contributed by atoms with Gasteiger partial charge in [-0.1, -0.05) is 0 Å². The van der Waals surface area contributed by atoms with E-state index in [9.17, 15) is 22.8 Å². The van der Waals surface area contributed by atoms with E-state index in [0.717, 1.165) is 19.3 Å². The van der Waals surface area contributed by atoms with Gasteiger partial charge in [-0.05, 0) is 38.0 Å². The summed E-state index contributed by atoms with van der Waals surface area (Å²) >= 11 is 0. The van der Waals surface area contributed by atoms with Crippen LogP contribution in [0.4, 0.5) is 24.9 Å². The topological polar surface area (TPSA) is 70.9 Å². The molecule has 1 aromatic rings. The molecule has 3 saturated heterocycles. The normalized spacial score (nSPS) is 27.9. The van der Waals surface area contributed by atoms with Crippen LogP contribution in [-0.4, -0.2) is 77.5 Å². The van der Waals surface area contributed by atoms with E-state index >= 15 is 0 Å². The molecule has 5 heterocycles. The van der Waals surface area contributed by atoms with Crippen LogP contribution in [0.25, 0.3) is 0 Å². The number of hydrogen-bond acceptors (Lipinski definition) is 6. The van der Waals surface area contributed by atoms with Gasteiger partial charge in [0.2, 0.25) is 11.9 Å². The summed E-state index contributed by atoms with van der Waals surface area (Å²) in [5.74, 6) is 0.847. The number of carbonyl (C=O) groups excluding carboxylic acids is 1. The minimum absolute atomic E-state index is 0.00822. The lowest BCUT2D eigenvalue weighted by Crippen LogP contribution is -2.53. The first kappa shape index (κ1) is 22.5. The number of anilines is 2. The van der Waals surface area contributed by atoms with Crippen molar-refractivity contribution in [3.63, 3.8) is 0 Å². The lowest BCUT2D eigenvalue weighted by Gasteiger charge is -2.41. The van der Waals surface area contributed by atoms with Crippen LogP contribution < -0.4 is 15.4 Å². The molecule has 8 nitrogen and oxygen atoms in total. The Labute approximate surface area is 190 Å². The van der Waals surface area contributed by atoms with Crippen LogP contribution in [-0.2, 0) is 16.1 Å². The molecule has 0 radical (unpaired) electrons.